The lowest BCUT2D eigenvalue weighted by molar-refractivity contribution is -0.147. The molecule has 0 bridgehead atoms. The van der Waals surface area contributed by atoms with Crippen molar-refractivity contribution >= 4 is 11.9 Å². The van der Waals surface area contributed by atoms with Gasteiger partial charge in [-0.25, -0.2) is 0 Å². The Hall–Kier alpha value is -1.84. The molecule has 0 atom stereocenters. The van der Waals surface area contributed by atoms with E-state index in [4.69, 9.17) is 0 Å². The zero-order chi connectivity index (χ0) is 23.8. The van der Waals surface area contributed by atoms with Gasteiger partial charge in [-0.1, -0.05) is 50.7 Å². The van der Waals surface area contributed by atoms with Gasteiger partial charge < -0.3 is 10.2 Å². The van der Waals surface area contributed by atoms with Crippen LogP contribution in [0.5, 0.6) is 0 Å². The van der Waals surface area contributed by atoms with Crippen LogP contribution in [0.2, 0.25) is 0 Å². The Morgan fingerprint density at radius 3 is 2.06 bits per heavy atom. The maximum absolute atomic E-state index is 11.3. The van der Waals surface area contributed by atoms with Gasteiger partial charge >= 0.3 is 11.9 Å². The van der Waals surface area contributed by atoms with Crippen molar-refractivity contribution in [3.63, 3.8) is 0 Å². The van der Waals surface area contributed by atoms with Crippen molar-refractivity contribution in [1.82, 2.24) is 0 Å². The average Bonchev–Trinajstić information content (AvgIpc) is 3.52. The highest BCUT2D eigenvalue weighted by atomic mass is 16.4. The van der Waals surface area contributed by atoms with E-state index < -0.39 is 17.4 Å². The maximum atomic E-state index is 11.3. The van der Waals surface area contributed by atoms with Gasteiger partial charge in [0.1, 0.15) is 0 Å². The Balaban J connectivity index is 1.68. The molecule has 32 heavy (non-hydrogen) atoms. The van der Waals surface area contributed by atoms with Gasteiger partial charge in [0.05, 0.1) is 10.8 Å². The molecule has 0 spiro atoms. The van der Waals surface area contributed by atoms with E-state index in [-0.39, 0.29) is 5.41 Å². The fourth-order valence-electron chi connectivity index (χ4n) is 4.78. The van der Waals surface area contributed by atoms with Crippen LogP contribution < -0.4 is 0 Å². The summed E-state index contributed by atoms with van der Waals surface area (Å²) in [5.74, 6) is -1.29. The summed E-state index contributed by atoms with van der Waals surface area (Å²) < 4.78 is 0. The van der Waals surface area contributed by atoms with E-state index in [0.29, 0.717) is 0 Å². The van der Waals surface area contributed by atoms with Crippen LogP contribution in [0, 0.1) is 24.7 Å². The second-order valence-electron chi connectivity index (χ2n) is 10.7. The van der Waals surface area contributed by atoms with Crippen molar-refractivity contribution in [3.05, 3.63) is 34.4 Å². The molecule has 0 heterocycles. The second kappa shape index (κ2) is 11.9. The molecule has 1 saturated carbocycles. The molecular weight excluding hydrogens is 400 g/mol. The third-order valence-electron chi connectivity index (χ3n) is 7.66. The van der Waals surface area contributed by atoms with Crippen LogP contribution in [-0.4, -0.2) is 22.2 Å². The van der Waals surface area contributed by atoms with Crippen molar-refractivity contribution in [2.45, 2.75) is 118 Å². The first-order valence-electron chi connectivity index (χ1n) is 12.6. The summed E-state index contributed by atoms with van der Waals surface area (Å²) in [6, 6.07) is 4.54. The Morgan fingerprint density at radius 2 is 1.47 bits per heavy atom. The molecule has 0 unspecified atom stereocenters. The summed E-state index contributed by atoms with van der Waals surface area (Å²) in [4.78, 5) is 22.5. The summed E-state index contributed by atoms with van der Waals surface area (Å²) in [5.41, 5.74) is 4.79. The topological polar surface area (TPSA) is 74.6 Å². The minimum Gasteiger partial charge on any atom is -0.481 e. The molecule has 0 aliphatic heterocycles. The fourth-order valence-corrected chi connectivity index (χ4v) is 4.78. The molecule has 1 aromatic rings. The summed E-state index contributed by atoms with van der Waals surface area (Å²) in [7, 11) is 0. The number of unbranched alkanes of at least 4 members (excludes halogenated alkanes) is 6. The molecule has 4 nitrogen and oxygen atoms in total. The highest BCUT2D eigenvalue weighted by Gasteiger charge is 2.49. The molecule has 0 radical (unpaired) electrons. The number of carboxylic acids is 2. The van der Waals surface area contributed by atoms with E-state index in [1.807, 2.05) is 13.8 Å². The fraction of sp³-hybridized carbons (Fsp3) is 0.714. The summed E-state index contributed by atoms with van der Waals surface area (Å²) in [5, 5.41) is 18.5. The monoisotopic (exact) mass is 444 g/mol. The number of aliphatic carboxylic acids is 2. The summed E-state index contributed by atoms with van der Waals surface area (Å²) in [6.45, 7) is 8.09. The van der Waals surface area contributed by atoms with Crippen molar-refractivity contribution < 1.29 is 19.8 Å². The third kappa shape index (κ3) is 7.64. The number of carbonyl (C=O) groups is 2. The van der Waals surface area contributed by atoms with Crippen LogP contribution in [0.15, 0.2) is 12.1 Å². The van der Waals surface area contributed by atoms with Crippen LogP contribution >= 0.6 is 0 Å². The molecule has 0 saturated heterocycles. The van der Waals surface area contributed by atoms with Gasteiger partial charge in [0, 0.05) is 0 Å². The highest BCUT2D eigenvalue weighted by molar-refractivity contribution is 5.77. The first-order chi connectivity index (χ1) is 15.1. The van der Waals surface area contributed by atoms with Crippen molar-refractivity contribution in [3.8, 4) is 0 Å². The molecule has 0 amide bonds. The van der Waals surface area contributed by atoms with Crippen LogP contribution in [0.4, 0.5) is 0 Å². The largest absolute Gasteiger partial charge is 0.481 e. The van der Waals surface area contributed by atoms with Crippen molar-refractivity contribution in [2.75, 3.05) is 0 Å². The Kier molecular flexibility index (Phi) is 9.79. The first kappa shape index (κ1) is 26.4. The molecule has 1 fully saturated rings. The Labute approximate surface area is 194 Å². The minimum atomic E-state index is -0.701. The molecule has 2 rings (SSSR count). The first-order valence-corrected chi connectivity index (χ1v) is 12.6. The van der Waals surface area contributed by atoms with Crippen LogP contribution in [0.1, 0.15) is 113 Å². The normalized spacial score (nSPS) is 15.0. The van der Waals surface area contributed by atoms with Crippen molar-refractivity contribution in [2.24, 2.45) is 10.8 Å². The number of hydrogen-bond acceptors (Lipinski definition) is 2. The minimum absolute atomic E-state index is 0.366. The summed E-state index contributed by atoms with van der Waals surface area (Å²) >= 11 is 0. The number of aryl methyl sites for hydroxylation is 2. The number of carboxylic acid groups (broad SMARTS) is 2. The second-order valence-corrected chi connectivity index (χ2v) is 10.7. The van der Waals surface area contributed by atoms with Crippen LogP contribution in [0.25, 0.3) is 0 Å². The predicted octanol–water partition coefficient (Wildman–Crippen LogP) is 7.27. The molecule has 2 N–H and O–H groups in total. The van der Waals surface area contributed by atoms with Gasteiger partial charge in [0.15, 0.2) is 0 Å². The lowest BCUT2D eigenvalue weighted by atomic mass is 9.86. The maximum Gasteiger partial charge on any atom is 0.309 e. The van der Waals surface area contributed by atoms with E-state index in [1.165, 1.54) is 35.1 Å². The summed E-state index contributed by atoms with van der Waals surface area (Å²) in [6.07, 6.45) is 14.4. The molecule has 0 aromatic heterocycles. The molecular formula is C28H44O4. The average molecular weight is 445 g/mol. The van der Waals surface area contributed by atoms with E-state index in [0.717, 1.165) is 77.0 Å². The Morgan fingerprint density at radius 1 is 0.875 bits per heavy atom. The van der Waals surface area contributed by atoms with Gasteiger partial charge in [0.25, 0.3) is 0 Å². The number of rotatable bonds is 16. The van der Waals surface area contributed by atoms with E-state index in [9.17, 15) is 19.8 Å². The molecule has 1 aromatic carbocycles. The van der Waals surface area contributed by atoms with E-state index >= 15 is 0 Å². The quantitative estimate of drug-likeness (QED) is 0.263. The van der Waals surface area contributed by atoms with Gasteiger partial charge in [-0.05, 0) is 101 Å². The number of hydrogen-bond donors (Lipinski definition) is 2. The van der Waals surface area contributed by atoms with Crippen LogP contribution in [-0.2, 0) is 22.4 Å². The molecule has 4 heteroatoms. The molecule has 1 aliphatic carbocycles. The third-order valence-corrected chi connectivity index (χ3v) is 7.66. The Bertz CT molecular complexity index is 774. The van der Waals surface area contributed by atoms with E-state index in [1.54, 1.807) is 0 Å². The van der Waals surface area contributed by atoms with Gasteiger partial charge in [0.2, 0.25) is 0 Å². The number of benzene rings is 1. The van der Waals surface area contributed by atoms with Gasteiger partial charge in [-0.2, -0.15) is 0 Å². The zero-order valence-corrected chi connectivity index (χ0v) is 20.8. The SMILES string of the molecule is Cc1ccc(CCCCCCC2(C(=O)O)CC2)c(C)c1CCCCCCC(C)(C)C(=O)O. The predicted molar refractivity (Wildman–Crippen MR) is 130 cm³/mol. The highest BCUT2D eigenvalue weighted by Crippen LogP contribution is 2.50. The standard InChI is InChI=1S/C28H44O4/c1-21-15-16-23(13-9-5-8-12-18-28(19-20-28)26(31)32)22(2)24(21)14-10-6-7-11-17-27(3,4)25(29)30/h15-16H,5-14,17-20H2,1-4H3,(H,29,30)(H,31,32). The van der Waals surface area contributed by atoms with Gasteiger partial charge in [-0.15, -0.1) is 0 Å². The zero-order valence-electron chi connectivity index (χ0n) is 20.8. The smallest absolute Gasteiger partial charge is 0.309 e. The van der Waals surface area contributed by atoms with Crippen molar-refractivity contribution in [1.29, 1.82) is 0 Å². The lowest BCUT2D eigenvalue weighted by Gasteiger charge is -2.18. The lowest BCUT2D eigenvalue weighted by Crippen LogP contribution is -2.23. The van der Waals surface area contributed by atoms with Gasteiger partial charge in [-0.3, -0.25) is 9.59 Å². The molecule has 180 valence electrons. The van der Waals surface area contributed by atoms with E-state index in [2.05, 4.69) is 26.0 Å². The van der Waals surface area contributed by atoms with Crippen LogP contribution in [0.3, 0.4) is 0 Å². The molecule has 1 aliphatic rings.